The molecule has 0 unspecified atom stereocenters. The summed E-state index contributed by atoms with van der Waals surface area (Å²) in [5.74, 6) is -0.158. The highest BCUT2D eigenvalue weighted by Crippen LogP contribution is 2.19. The van der Waals surface area contributed by atoms with Gasteiger partial charge in [-0.1, -0.05) is 15.9 Å². The van der Waals surface area contributed by atoms with Gasteiger partial charge in [-0.2, -0.15) is 0 Å². The number of hydrogen-bond acceptors (Lipinski definition) is 4. The Hall–Kier alpha value is -1.32. The Morgan fingerprint density at radius 2 is 2.20 bits per heavy atom. The lowest BCUT2D eigenvalue weighted by Gasteiger charge is -2.07. The van der Waals surface area contributed by atoms with Crippen LogP contribution >= 0.6 is 15.9 Å². The maximum absolute atomic E-state index is 13.6. The van der Waals surface area contributed by atoms with Crippen LogP contribution < -0.4 is 4.72 Å². The van der Waals surface area contributed by atoms with E-state index in [-0.39, 0.29) is 11.4 Å². The first-order valence-corrected chi connectivity index (χ1v) is 7.95. The molecule has 1 aromatic carbocycles. The maximum Gasteiger partial charge on any atom is 0.243 e. The van der Waals surface area contributed by atoms with Gasteiger partial charge in [0.15, 0.2) is 0 Å². The standard InChI is InChI=1S/C11H12BrFN4O2S/c1-17-7-14-16-11(17)4-5-15-20(18,19)10-3-2-8(12)6-9(10)13/h2-3,6-7,15H,4-5H2,1H3. The quantitative estimate of drug-likeness (QED) is 0.867. The Kier molecular flexibility index (Phi) is 4.51. The molecule has 0 saturated heterocycles. The number of nitrogens with one attached hydrogen (secondary N) is 1. The molecule has 0 amide bonds. The van der Waals surface area contributed by atoms with Crippen LogP contribution in [0.2, 0.25) is 0 Å². The summed E-state index contributed by atoms with van der Waals surface area (Å²) in [6.07, 6.45) is 1.89. The Morgan fingerprint density at radius 3 is 2.80 bits per heavy atom. The van der Waals surface area contributed by atoms with Gasteiger partial charge in [-0.3, -0.25) is 0 Å². The molecule has 1 heterocycles. The average Bonchev–Trinajstić information content (AvgIpc) is 2.74. The Labute approximate surface area is 124 Å². The summed E-state index contributed by atoms with van der Waals surface area (Å²) < 4.78 is 42.1. The fourth-order valence-electron chi connectivity index (χ4n) is 1.60. The molecular formula is C11H12BrFN4O2S. The number of benzene rings is 1. The summed E-state index contributed by atoms with van der Waals surface area (Å²) in [6, 6.07) is 3.79. The van der Waals surface area contributed by atoms with E-state index in [4.69, 9.17) is 0 Å². The second kappa shape index (κ2) is 5.98. The van der Waals surface area contributed by atoms with Gasteiger partial charge in [0.05, 0.1) is 0 Å². The summed E-state index contributed by atoms with van der Waals surface area (Å²) in [6.45, 7) is 0.115. The molecule has 20 heavy (non-hydrogen) atoms. The molecule has 1 N–H and O–H groups in total. The van der Waals surface area contributed by atoms with Crippen LogP contribution in [0.4, 0.5) is 4.39 Å². The van der Waals surface area contributed by atoms with Crippen molar-refractivity contribution in [1.29, 1.82) is 0 Å². The fourth-order valence-corrected chi connectivity index (χ4v) is 3.02. The van der Waals surface area contributed by atoms with Crippen LogP contribution in [0.25, 0.3) is 0 Å². The lowest BCUT2D eigenvalue weighted by atomic mass is 10.3. The SMILES string of the molecule is Cn1cnnc1CCNS(=O)(=O)c1ccc(Br)cc1F. The van der Waals surface area contributed by atoms with Gasteiger partial charge < -0.3 is 4.57 Å². The third kappa shape index (κ3) is 3.41. The molecule has 6 nitrogen and oxygen atoms in total. The van der Waals surface area contributed by atoms with Gasteiger partial charge in [0.2, 0.25) is 10.0 Å². The van der Waals surface area contributed by atoms with E-state index in [0.29, 0.717) is 16.7 Å². The lowest BCUT2D eigenvalue weighted by molar-refractivity contribution is 0.556. The Bertz CT molecular complexity index is 717. The molecule has 0 spiro atoms. The largest absolute Gasteiger partial charge is 0.321 e. The van der Waals surface area contributed by atoms with E-state index in [1.165, 1.54) is 18.5 Å². The van der Waals surface area contributed by atoms with Crippen LogP contribution in [0.15, 0.2) is 33.9 Å². The zero-order chi connectivity index (χ0) is 14.8. The number of rotatable bonds is 5. The van der Waals surface area contributed by atoms with Gasteiger partial charge in [-0.15, -0.1) is 10.2 Å². The normalized spacial score (nSPS) is 11.8. The van der Waals surface area contributed by atoms with Crippen molar-refractivity contribution in [3.05, 3.63) is 40.6 Å². The minimum Gasteiger partial charge on any atom is -0.321 e. The van der Waals surface area contributed by atoms with E-state index < -0.39 is 15.8 Å². The van der Waals surface area contributed by atoms with Gasteiger partial charge in [-0.05, 0) is 18.2 Å². The molecule has 0 aliphatic rings. The molecule has 0 bridgehead atoms. The number of hydrogen-bond donors (Lipinski definition) is 1. The van der Waals surface area contributed by atoms with Crippen molar-refractivity contribution in [1.82, 2.24) is 19.5 Å². The molecule has 2 rings (SSSR count). The Balaban J connectivity index is 2.06. The third-order valence-corrected chi connectivity index (χ3v) is 4.62. The van der Waals surface area contributed by atoms with E-state index in [0.717, 1.165) is 6.07 Å². The summed E-state index contributed by atoms with van der Waals surface area (Å²) in [7, 11) is -2.11. The van der Waals surface area contributed by atoms with E-state index in [9.17, 15) is 12.8 Å². The van der Waals surface area contributed by atoms with E-state index in [1.54, 1.807) is 11.6 Å². The summed E-state index contributed by atoms with van der Waals surface area (Å²) in [5, 5.41) is 7.52. The van der Waals surface area contributed by atoms with Crippen LogP contribution in [-0.4, -0.2) is 29.7 Å². The van der Waals surface area contributed by atoms with Gasteiger partial charge in [-0.25, -0.2) is 17.5 Å². The highest BCUT2D eigenvalue weighted by molar-refractivity contribution is 9.10. The molecule has 108 valence electrons. The van der Waals surface area contributed by atoms with Crippen molar-refractivity contribution in [2.75, 3.05) is 6.54 Å². The average molecular weight is 363 g/mol. The van der Waals surface area contributed by atoms with E-state index >= 15 is 0 Å². The van der Waals surface area contributed by atoms with Gasteiger partial charge in [0.25, 0.3) is 0 Å². The second-order valence-electron chi connectivity index (χ2n) is 4.08. The predicted molar refractivity (Wildman–Crippen MR) is 74.0 cm³/mol. The first-order valence-electron chi connectivity index (χ1n) is 5.68. The summed E-state index contributed by atoms with van der Waals surface area (Å²) in [5.41, 5.74) is 0. The number of sulfonamides is 1. The number of aryl methyl sites for hydroxylation is 1. The highest BCUT2D eigenvalue weighted by Gasteiger charge is 2.18. The second-order valence-corrected chi connectivity index (χ2v) is 6.73. The Morgan fingerprint density at radius 1 is 1.45 bits per heavy atom. The first-order chi connectivity index (χ1) is 9.40. The molecule has 0 aliphatic carbocycles. The van der Waals surface area contributed by atoms with E-state index in [1.807, 2.05) is 0 Å². The van der Waals surface area contributed by atoms with Gasteiger partial charge >= 0.3 is 0 Å². The van der Waals surface area contributed by atoms with Crippen molar-refractivity contribution in [2.24, 2.45) is 7.05 Å². The molecule has 1 aromatic heterocycles. The van der Waals surface area contributed by atoms with Crippen molar-refractivity contribution in [3.8, 4) is 0 Å². The van der Waals surface area contributed by atoms with Crippen LogP contribution in [0.5, 0.6) is 0 Å². The topological polar surface area (TPSA) is 76.9 Å². The number of halogens is 2. The summed E-state index contributed by atoms with van der Waals surface area (Å²) >= 11 is 3.08. The molecule has 0 fully saturated rings. The zero-order valence-corrected chi connectivity index (χ0v) is 12.9. The van der Waals surface area contributed by atoms with Crippen LogP contribution in [0, 0.1) is 5.82 Å². The molecular weight excluding hydrogens is 351 g/mol. The maximum atomic E-state index is 13.6. The zero-order valence-electron chi connectivity index (χ0n) is 10.5. The van der Waals surface area contributed by atoms with Crippen molar-refractivity contribution in [3.63, 3.8) is 0 Å². The van der Waals surface area contributed by atoms with Crippen molar-refractivity contribution >= 4 is 26.0 Å². The van der Waals surface area contributed by atoms with Gasteiger partial charge in [0, 0.05) is 24.5 Å². The van der Waals surface area contributed by atoms with Crippen LogP contribution in [0.1, 0.15) is 5.82 Å². The monoisotopic (exact) mass is 362 g/mol. The molecule has 0 atom stereocenters. The molecule has 0 aliphatic heterocycles. The lowest BCUT2D eigenvalue weighted by Crippen LogP contribution is -2.27. The highest BCUT2D eigenvalue weighted by atomic mass is 79.9. The smallest absolute Gasteiger partial charge is 0.243 e. The predicted octanol–water partition coefficient (Wildman–Crippen LogP) is 1.24. The van der Waals surface area contributed by atoms with Gasteiger partial charge in [0.1, 0.15) is 22.9 Å². The molecule has 0 radical (unpaired) electrons. The van der Waals surface area contributed by atoms with Crippen LogP contribution in [0.3, 0.4) is 0 Å². The number of aromatic nitrogens is 3. The van der Waals surface area contributed by atoms with Crippen molar-refractivity contribution in [2.45, 2.75) is 11.3 Å². The number of nitrogens with zero attached hydrogens (tertiary/aromatic N) is 3. The summed E-state index contributed by atoms with van der Waals surface area (Å²) in [4.78, 5) is -0.376. The van der Waals surface area contributed by atoms with Crippen LogP contribution in [-0.2, 0) is 23.5 Å². The van der Waals surface area contributed by atoms with Crippen molar-refractivity contribution < 1.29 is 12.8 Å². The fraction of sp³-hybridized carbons (Fsp3) is 0.273. The van der Waals surface area contributed by atoms with E-state index in [2.05, 4.69) is 30.8 Å². The third-order valence-electron chi connectivity index (χ3n) is 2.63. The minimum atomic E-state index is -3.88. The minimum absolute atomic E-state index is 0.115. The molecule has 9 heteroatoms. The molecule has 0 saturated carbocycles. The first kappa shape index (κ1) is 15.1. The molecule has 2 aromatic rings.